The second-order valence-electron chi connectivity index (χ2n) is 4.29. The van der Waals surface area contributed by atoms with E-state index in [9.17, 15) is 4.79 Å². The average molecular weight is 251 g/mol. The lowest BCUT2D eigenvalue weighted by Gasteiger charge is -2.14. The van der Waals surface area contributed by atoms with Gasteiger partial charge in [0.25, 0.3) is 0 Å². The third-order valence-corrected chi connectivity index (χ3v) is 2.60. The van der Waals surface area contributed by atoms with Crippen LogP contribution in [0.15, 0.2) is 24.3 Å². The Hall–Kier alpha value is -1.39. The highest BCUT2D eigenvalue weighted by Crippen LogP contribution is 2.06. The SMILES string of the molecule is COCC(=O)OC(C)CNCc1ccccc1C. The predicted octanol–water partition coefficient (Wildman–Crippen LogP) is 1.66. The van der Waals surface area contributed by atoms with Crippen LogP contribution in [0.2, 0.25) is 0 Å². The van der Waals surface area contributed by atoms with Gasteiger partial charge in [0, 0.05) is 20.2 Å². The third-order valence-electron chi connectivity index (χ3n) is 2.60. The second kappa shape index (κ2) is 7.84. The molecule has 1 rings (SSSR count). The molecule has 18 heavy (non-hydrogen) atoms. The van der Waals surface area contributed by atoms with E-state index >= 15 is 0 Å². The number of benzene rings is 1. The Labute approximate surface area is 108 Å². The van der Waals surface area contributed by atoms with Gasteiger partial charge in [0.05, 0.1) is 0 Å². The van der Waals surface area contributed by atoms with Gasteiger partial charge in [-0.3, -0.25) is 0 Å². The van der Waals surface area contributed by atoms with E-state index in [-0.39, 0.29) is 18.7 Å². The number of nitrogens with one attached hydrogen (secondary N) is 1. The molecule has 0 aromatic heterocycles. The fourth-order valence-electron chi connectivity index (χ4n) is 1.64. The molecule has 0 amide bonds. The highest BCUT2D eigenvalue weighted by atomic mass is 16.6. The van der Waals surface area contributed by atoms with Crippen molar-refractivity contribution in [2.24, 2.45) is 0 Å². The highest BCUT2D eigenvalue weighted by Gasteiger charge is 2.08. The monoisotopic (exact) mass is 251 g/mol. The Morgan fingerprint density at radius 1 is 1.39 bits per heavy atom. The molecule has 1 unspecified atom stereocenters. The number of ether oxygens (including phenoxy) is 2. The summed E-state index contributed by atoms with van der Waals surface area (Å²) in [6.45, 7) is 5.35. The summed E-state index contributed by atoms with van der Waals surface area (Å²) in [7, 11) is 1.47. The molecule has 1 aromatic carbocycles. The van der Waals surface area contributed by atoms with Gasteiger partial charge in [0.2, 0.25) is 0 Å². The van der Waals surface area contributed by atoms with Crippen molar-refractivity contribution in [2.75, 3.05) is 20.3 Å². The van der Waals surface area contributed by atoms with Crippen molar-refractivity contribution in [2.45, 2.75) is 26.5 Å². The molecular weight excluding hydrogens is 230 g/mol. The molecule has 4 heteroatoms. The number of methoxy groups -OCH3 is 1. The molecule has 0 saturated heterocycles. The van der Waals surface area contributed by atoms with E-state index in [4.69, 9.17) is 9.47 Å². The minimum atomic E-state index is -0.331. The molecule has 4 nitrogen and oxygen atoms in total. The Kier molecular flexibility index (Phi) is 6.39. The molecule has 0 fully saturated rings. The quantitative estimate of drug-likeness (QED) is 0.749. The maximum atomic E-state index is 11.2. The first-order valence-corrected chi connectivity index (χ1v) is 6.07. The van der Waals surface area contributed by atoms with Crippen molar-refractivity contribution >= 4 is 5.97 Å². The van der Waals surface area contributed by atoms with Gasteiger partial charge >= 0.3 is 5.97 Å². The van der Waals surface area contributed by atoms with Gasteiger partial charge in [-0.15, -0.1) is 0 Å². The molecule has 0 spiro atoms. The van der Waals surface area contributed by atoms with Crippen LogP contribution in [0, 0.1) is 6.92 Å². The van der Waals surface area contributed by atoms with Crippen LogP contribution in [0.3, 0.4) is 0 Å². The molecule has 0 aliphatic heterocycles. The van der Waals surface area contributed by atoms with Crippen LogP contribution in [0.25, 0.3) is 0 Å². The first-order valence-electron chi connectivity index (χ1n) is 6.07. The molecule has 1 N–H and O–H groups in total. The summed E-state index contributed by atoms with van der Waals surface area (Å²) in [5, 5.41) is 3.27. The molecule has 0 aliphatic carbocycles. The number of hydrogen-bond acceptors (Lipinski definition) is 4. The Morgan fingerprint density at radius 2 is 2.11 bits per heavy atom. The van der Waals surface area contributed by atoms with Crippen LogP contribution in [0.5, 0.6) is 0 Å². The summed E-state index contributed by atoms with van der Waals surface area (Å²) in [6, 6.07) is 8.21. The van der Waals surface area contributed by atoms with Crippen molar-refractivity contribution < 1.29 is 14.3 Å². The summed E-state index contributed by atoms with van der Waals surface area (Å²) in [5.41, 5.74) is 2.52. The summed E-state index contributed by atoms with van der Waals surface area (Å²) in [5.74, 6) is -0.331. The number of rotatable bonds is 7. The Morgan fingerprint density at radius 3 is 2.78 bits per heavy atom. The normalized spacial score (nSPS) is 12.2. The van der Waals surface area contributed by atoms with Crippen LogP contribution >= 0.6 is 0 Å². The van der Waals surface area contributed by atoms with Crippen molar-refractivity contribution in [1.82, 2.24) is 5.32 Å². The summed E-state index contributed by atoms with van der Waals surface area (Å²) in [4.78, 5) is 11.2. The first kappa shape index (κ1) is 14.7. The largest absolute Gasteiger partial charge is 0.460 e. The molecule has 1 atom stereocenters. The van der Waals surface area contributed by atoms with E-state index in [0.29, 0.717) is 6.54 Å². The minimum absolute atomic E-state index is 0.00212. The second-order valence-corrected chi connectivity index (χ2v) is 4.29. The number of carbonyl (C=O) groups excluding carboxylic acids is 1. The van der Waals surface area contributed by atoms with Gasteiger partial charge in [-0.1, -0.05) is 24.3 Å². The molecule has 0 aliphatic rings. The number of hydrogen-bond donors (Lipinski definition) is 1. The highest BCUT2D eigenvalue weighted by molar-refractivity contribution is 5.70. The molecule has 1 aromatic rings. The molecule has 0 bridgehead atoms. The van der Waals surface area contributed by atoms with Crippen LogP contribution < -0.4 is 5.32 Å². The van der Waals surface area contributed by atoms with Crippen LogP contribution in [-0.2, 0) is 20.8 Å². The number of esters is 1. The minimum Gasteiger partial charge on any atom is -0.460 e. The van der Waals surface area contributed by atoms with Gasteiger partial charge in [-0.05, 0) is 25.0 Å². The van der Waals surface area contributed by atoms with E-state index in [1.54, 1.807) is 0 Å². The number of aryl methyl sites for hydroxylation is 1. The van der Waals surface area contributed by atoms with Crippen molar-refractivity contribution in [3.8, 4) is 0 Å². The maximum Gasteiger partial charge on any atom is 0.332 e. The fraction of sp³-hybridized carbons (Fsp3) is 0.500. The summed E-state index contributed by atoms with van der Waals surface area (Å²) in [6.07, 6.45) is -0.156. The molecule has 100 valence electrons. The smallest absolute Gasteiger partial charge is 0.332 e. The van der Waals surface area contributed by atoms with Gasteiger partial charge < -0.3 is 14.8 Å². The molecule has 0 heterocycles. The number of carbonyl (C=O) groups is 1. The topological polar surface area (TPSA) is 47.6 Å². The van der Waals surface area contributed by atoms with Gasteiger partial charge in [0.1, 0.15) is 12.7 Å². The maximum absolute atomic E-state index is 11.2. The van der Waals surface area contributed by atoms with Crippen LogP contribution in [0.4, 0.5) is 0 Å². The van der Waals surface area contributed by atoms with E-state index in [2.05, 4.69) is 24.4 Å². The molecule has 0 radical (unpaired) electrons. The standard InChI is InChI=1S/C14H21NO3/c1-11-6-4-5-7-13(11)9-15-8-12(2)18-14(16)10-17-3/h4-7,12,15H,8-10H2,1-3H3. The Bertz CT molecular complexity index is 379. The molecule has 0 saturated carbocycles. The van der Waals surface area contributed by atoms with E-state index in [1.807, 2.05) is 19.1 Å². The van der Waals surface area contributed by atoms with Gasteiger partial charge in [-0.25, -0.2) is 4.79 Å². The Balaban J connectivity index is 2.25. The van der Waals surface area contributed by atoms with Gasteiger partial charge in [-0.2, -0.15) is 0 Å². The zero-order chi connectivity index (χ0) is 13.4. The third kappa shape index (κ3) is 5.29. The van der Waals surface area contributed by atoms with Crippen LogP contribution in [0.1, 0.15) is 18.1 Å². The van der Waals surface area contributed by atoms with E-state index < -0.39 is 0 Å². The zero-order valence-electron chi connectivity index (χ0n) is 11.2. The predicted molar refractivity (Wildman–Crippen MR) is 70.3 cm³/mol. The van der Waals surface area contributed by atoms with Crippen molar-refractivity contribution in [1.29, 1.82) is 0 Å². The van der Waals surface area contributed by atoms with E-state index in [1.165, 1.54) is 18.2 Å². The average Bonchev–Trinajstić information content (AvgIpc) is 2.31. The van der Waals surface area contributed by atoms with Gasteiger partial charge in [0.15, 0.2) is 0 Å². The molecular formula is C14H21NO3. The van der Waals surface area contributed by atoms with Crippen molar-refractivity contribution in [3.05, 3.63) is 35.4 Å². The zero-order valence-corrected chi connectivity index (χ0v) is 11.2. The lowest BCUT2D eigenvalue weighted by molar-refractivity contribution is -0.152. The summed E-state index contributed by atoms with van der Waals surface area (Å²) < 4.78 is 9.83. The van der Waals surface area contributed by atoms with Crippen molar-refractivity contribution in [3.63, 3.8) is 0 Å². The van der Waals surface area contributed by atoms with E-state index in [0.717, 1.165) is 6.54 Å². The van der Waals surface area contributed by atoms with Crippen LogP contribution in [-0.4, -0.2) is 32.3 Å². The lowest BCUT2D eigenvalue weighted by atomic mass is 10.1. The summed E-state index contributed by atoms with van der Waals surface area (Å²) >= 11 is 0. The first-order chi connectivity index (χ1) is 8.63. The fourth-order valence-corrected chi connectivity index (χ4v) is 1.64. The lowest BCUT2D eigenvalue weighted by Crippen LogP contribution is -2.29.